The first-order valence-corrected chi connectivity index (χ1v) is 9.55. The van der Waals surface area contributed by atoms with Gasteiger partial charge in [-0.1, -0.05) is 133 Å². The van der Waals surface area contributed by atoms with E-state index in [9.17, 15) is 0 Å². The van der Waals surface area contributed by atoms with Gasteiger partial charge in [-0.3, -0.25) is 0 Å². The maximum absolute atomic E-state index is 2.22. The van der Waals surface area contributed by atoms with E-state index >= 15 is 0 Å². The standard InChI is InChI=1S/C28H22.2Na.2H/c1-4-11-23(12-5-1)19-21-26-17-10-18-27(25-15-8-3-9-16-25)28(26)22-20-24-13-6-2-7-14-24;;;;/h1-22H;;;;. The van der Waals surface area contributed by atoms with Gasteiger partial charge in [0, 0.05) is 0 Å². The zero-order chi connectivity index (χ0) is 19.0. The summed E-state index contributed by atoms with van der Waals surface area (Å²) in [5.74, 6) is 0. The van der Waals surface area contributed by atoms with Crippen LogP contribution in [0.3, 0.4) is 0 Å². The van der Waals surface area contributed by atoms with Crippen LogP contribution >= 0.6 is 0 Å². The average Bonchev–Trinajstić information content (AvgIpc) is 2.78. The summed E-state index contributed by atoms with van der Waals surface area (Å²) in [5, 5.41) is 0. The molecule has 0 aliphatic carbocycles. The zero-order valence-electron chi connectivity index (χ0n) is 15.7. The van der Waals surface area contributed by atoms with Crippen molar-refractivity contribution in [3.05, 3.63) is 131 Å². The predicted octanol–water partition coefficient (Wildman–Crippen LogP) is 6.40. The molecule has 0 aliphatic rings. The van der Waals surface area contributed by atoms with Gasteiger partial charge in [-0.05, 0) is 33.4 Å². The van der Waals surface area contributed by atoms with Crippen LogP contribution in [0.1, 0.15) is 22.3 Å². The van der Waals surface area contributed by atoms with Crippen molar-refractivity contribution in [1.82, 2.24) is 0 Å². The SMILES string of the molecule is C(=Cc1cccc(-c2ccccc2)c1C=Cc1ccccc1)c1ccccc1.[NaH].[NaH]. The van der Waals surface area contributed by atoms with Crippen LogP contribution < -0.4 is 0 Å². The molecule has 0 saturated heterocycles. The molecule has 0 bridgehead atoms. The topological polar surface area (TPSA) is 0 Å². The Bertz CT molecular complexity index is 1080. The van der Waals surface area contributed by atoms with Crippen LogP contribution in [0.25, 0.3) is 35.4 Å². The molecule has 0 amide bonds. The Kier molecular flexibility index (Phi) is 10.6. The average molecular weight is 406 g/mol. The van der Waals surface area contributed by atoms with Gasteiger partial charge in [0.15, 0.2) is 0 Å². The maximum atomic E-state index is 2.22. The molecule has 2 heteroatoms. The van der Waals surface area contributed by atoms with E-state index in [0.717, 1.165) is 0 Å². The quantitative estimate of drug-likeness (QED) is 0.266. The van der Waals surface area contributed by atoms with Crippen molar-refractivity contribution in [2.75, 3.05) is 0 Å². The molecule has 4 rings (SSSR count). The Hall–Kier alpha value is -1.64. The minimum atomic E-state index is 0. The third-order valence-corrected chi connectivity index (χ3v) is 4.72. The minimum absolute atomic E-state index is 0. The summed E-state index contributed by atoms with van der Waals surface area (Å²) in [5.41, 5.74) is 7.30. The van der Waals surface area contributed by atoms with E-state index in [1.165, 1.54) is 33.4 Å². The summed E-state index contributed by atoms with van der Waals surface area (Å²) in [6.45, 7) is 0. The van der Waals surface area contributed by atoms with Gasteiger partial charge in [-0.2, -0.15) is 0 Å². The van der Waals surface area contributed by atoms with Crippen LogP contribution in [0.4, 0.5) is 0 Å². The molecule has 0 nitrogen and oxygen atoms in total. The number of benzene rings is 4. The molecule has 0 fully saturated rings. The van der Waals surface area contributed by atoms with Gasteiger partial charge in [0.2, 0.25) is 0 Å². The van der Waals surface area contributed by atoms with Crippen LogP contribution in [0.5, 0.6) is 0 Å². The summed E-state index contributed by atoms with van der Waals surface area (Å²) in [4.78, 5) is 0. The third kappa shape index (κ3) is 6.68. The molecular weight excluding hydrogens is 382 g/mol. The van der Waals surface area contributed by atoms with Crippen LogP contribution in [0, 0.1) is 0 Å². The number of hydrogen-bond acceptors (Lipinski definition) is 0. The Balaban J connectivity index is 0.00000160. The Morgan fingerprint density at radius 3 is 1.47 bits per heavy atom. The molecule has 0 aromatic heterocycles. The van der Waals surface area contributed by atoms with E-state index in [0.29, 0.717) is 0 Å². The van der Waals surface area contributed by atoms with Crippen molar-refractivity contribution in [1.29, 1.82) is 0 Å². The molecule has 4 aromatic rings. The van der Waals surface area contributed by atoms with Gasteiger partial charge in [0.1, 0.15) is 0 Å². The van der Waals surface area contributed by atoms with Crippen molar-refractivity contribution < 1.29 is 0 Å². The summed E-state index contributed by atoms with van der Waals surface area (Å²) < 4.78 is 0. The first kappa shape index (κ1) is 24.6. The fourth-order valence-electron chi connectivity index (χ4n) is 3.28. The van der Waals surface area contributed by atoms with Gasteiger partial charge in [0.05, 0.1) is 0 Å². The van der Waals surface area contributed by atoms with Gasteiger partial charge in [-0.25, -0.2) is 0 Å². The number of hydrogen-bond donors (Lipinski definition) is 0. The molecule has 0 heterocycles. The normalized spacial score (nSPS) is 10.5. The monoisotopic (exact) mass is 406 g/mol. The second kappa shape index (κ2) is 12.9. The van der Waals surface area contributed by atoms with E-state index in [-0.39, 0.29) is 59.1 Å². The Labute approximate surface area is 224 Å². The molecular formula is C28H24Na2. The summed E-state index contributed by atoms with van der Waals surface area (Å²) in [6, 6.07) is 37.9. The Morgan fingerprint density at radius 2 is 0.900 bits per heavy atom. The van der Waals surface area contributed by atoms with Crippen molar-refractivity contribution in [3.63, 3.8) is 0 Å². The fourth-order valence-corrected chi connectivity index (χ4v) is 3.28. The summed E-state index contributed by atoms with van der Waals surface area (Å²) in [7, 11) is 0. The third-order valence-electron chi connectivity index (χ3n) is 4.72. The molecule has 0 atom stereocenters. The predicted molar refractivity (Wildman–Crippen MR) is 137 cm³/mol. The molecule has 0 spiro atoms. The molecule has 4 aromatic carbocycles. The second-order valence-corrected chi connectivity index (χ2v) is 6.66. The van der Waals surface area contributed by atoms with Crippen molar-refractivity contribution >= 4 is 83.4 Å². The fraction of sp³-hybridized carbons (Fsp3) is 0. The van der Waals surface area contributed by atoms with E-state index in [4.69, 9.17) is 0 Å². The van der Waals surface area contributed by atoms with Gasteiger partial charge >= 0.3 is 59.1 Å². The molecule has 0 aliphatic heterocycles. The van der Waals surface area contributed by atoms with Gasteiger partial charge in [-0.15, -0.1) is 0 Å². The number of rotatable bonds is 5. The van der Waals surface area contributed by atoms with Crippen molar-refractivity contribution in [3.8, 4) is 11.1 Å². The first-order valence-electron chi connectivity index (χ1n) is 9.55. The summed E-state index contributed by atoms with van der Waals surface area (Å²) >= 11 is 0. The first-order chi connectivity index (χ1) is 13.9. The zero-order valence-corrected chi connectivity index (χ0v) is 15.7. The van der Waals surface area contributed by atoms with Crippen LogP contribution in [0.2, 0.25) is 0 Å². The summed E-state index contributed by atoms with van der Waals surface area (Å²) in [6.07, 6.45) is 8.78. The van der Waals surface area contributed by atoms with Crippen LogP contribution in [-0.4, -0.2) is 59.1 Å². The van der Waals surface area contributed by atoms with E-state index in [1.807, 2.05) is 12.1 Å². The molecule has 0 N–H and O–H groups in total. The van der Waals surface area contributed by atoms with E-state index in [2.05, 4.69) is 121 Å². The van der Waals surface area contributed by atoms with E-state index in [1.54, 1.807) is 0 Å². The Morgan fingerprint density at radius 1 is 0.400 bits per heavy atom. The molecule has 138 valence electrons. The molecule has 0 unspecified atom stereocenters. The van der Waals surface area contributed by atoms with Crippen molar-refractivity contribution in [2.24, 2.45) is 0 Å². The molecule has 30 heavy (non-hydrogen) atoms. The van der Waals surface area contributed by atoms with Crippen molar-refractivity contribution in [2.45, 2.75) is 0 Å². The molecule has 0 radical (unpaired) electrons. The van der Waals surface area contributed by atoms with Crippen LogP contribution in [0.15, 0.2) is 109 Å². The van der Waals surface area contributed by atoms with Gasteiger partial charge in [0.25, 0.3) is 0 Å². The van der Waals surface area contributed by atoms with Crippen LogP contribution in [-0.2, 0) is 0 Å². The van der Waals surface area contributed by atoms with Gasteiger partial charge < -0.3 is 0 Å². The second-order valence-electron chi connectivity index (χ2n) is 6.66. The van der Waals surface area contributed by atoms with E-state index < -0.39 is 0 Å². The molecule has 0 saturated carbocycles.